The third-order valence-electron chi connectivity index (χ3n) is 1.95. The van der Waals surface area contributed by atoms with Gasteiger partial charge in [-0.05, 0) is 25.1 Å². The maximum atomic E-state index is 12.8. The van der Waals surface area contributed by atoms with Crippen LogP contribution >= 0.6 is 22.9 Å². The molecule has 0 amide bonds. The van der Waals surface area contributed by atoms with E-state index in [-0.39, 0.29) is 5.82 Å². The van der Waals surface area contributed by atoms with Crippen LogP contribution in [-0.4, -0.2) is 11.2 Å². The standard InChI is InChI=1S/C11H9ClFN3S/c1-7-6-17-11(15-7)16-14-5-8-2-3-9(13)4-10(8)12/h2-6H,1H3,(H,15,16). The molecule has 1 heterocycles. The highest BCUT2D eigenvalue weighted by molar-refractivity contribution is 7.13. The van der Waals surface area contributed by atoms with E-state index < -0.39 is 0 Å². The van der Waals surface area contributed by atoms with Gasteiger partial charge in [-0.15, -0.1) is 11.3 Å². The van der Waals surface area contributed by atoms with Crippen molar-refractivity contribution in [1.82, 2.24) is 4.98 Å². The molecule has 0 unspecified atom stereocenters. The number of rotatable bonds is 3. The topological polar surface area (TPSA) is 37.3 Å². The van der Waals surface area contributed by atoms with Crippen LogP contribution in [0, 0.1) is 12.7 Å². The Labute approximate surface area is 107 Å². The zero-order chi connectivity index (χ0) is 12.3. The summed E-state index contributed by atoms with van der Waals surface area (Å²) in [6.45, 7) is 1.90. The van der Waals surface area contributed by atoms with Crippen molar-refractivity contribution in [2.24, 2.45) is 5.10 Å². The lowest BCUT2D eigenvalue weighted by molar-refractivity contribution is 0.628. The van der Waals surface area contributed by atoms with Crippen LogP contribution in [0.5, 0.6) is 0 Å². The van der Waals surface area contributed by atoms with Crippen LogP contribution in [-0.2, 0) is 0 Å². The van der Waals surface area contributed by atoms with Gasteiger partial charge in [-0.3, -0.25) is 5.43 Å². The third-order valence-corrected chi connectivity index (χ3v) is 3.14. The predicted octanol–water partition coefficient (Wildman–Crippen LogP) is 3.69. The van der Waals surface area contributed by atoms with E-state index >= 15 is 0 Å². The van der Waals surface area contributed by atoms with Gasteiger partial charge in [0.1, 0.15) is 5.82 Å². The number of benzene rings is 1. The molecule has 1 N–H and O–H groups in total. The fourth-order valence-electron chi connectivity index (χ4n) is 1.17. The van der Waals surface area contributed by atoms with E-state index in [2.05, 4.69) is 15.5 Å². The van der Waals surface area contributed by atoms with Gasteiger partial charge in [-0.2, -0.15) is 5.10 Å². The zero-order valence-electron chi connectivity index (χ0n) is 8.95. The number of hydrazone groups is 1. The lowest BCUT2D eigenvalue weighted by Crippen LogP contribution is -1.91. The normalized spacial score (nSPS) is 11.0. The summed E-state index contributed by atoms with van der Waals surface area (Å²) in [6.07, 6.45) is 1.53. The van der Waals surface area contributed by atoms with E-state index in [1.807, 2.05) is 12.3 Å². The van der Waals surface area contributed by atoms with Crippen LogP contribution in [0.2, 0.25) is 5.02 Å². The molecule has 17 heavy (non-hydrogen) atoms. The van der Waals surface area contributed by atoms with Crippen LogP contribution in [0.25, 0.3) is 0 Å². The Kier molecular flexibility index (Phi) is 3.71. The van der Waals surface area contributed by atoms with Crippen molar-refractivity contribution >= 4 is 34.3 Å². The summed E-state index contributed by atoms with van der Waals surface area (Å²) in [7, 11) is 0. The monoisotopic (exact) mass is 269 g/mol. The molecule has 0 fully saturated rings. The highest BCUT2D eigenvalue weighted by atomic mass is 35.5. The molecule has 2 aromatic rings. The summed E-state index contributed by atoms with van der Waals surface area (Å²) >= 11 is 7.31. The molecule has 1 aromatic carbocycles. The Morgan fingerprint density at radius 2 is 2.35 bits per heavy atom. The smallest absolute Gasteiger partial charge is 0.203 e. The van der Waals surface area contributed by atoms with Crippen LogP contribution in [0.1, 0.15) is 11.3 Å². The summed E-state index contributed by atoms with van der Waals surface area (Å²) in [5.41, 5.74) is 4.36. The number of aromatic nitrogens is 1. The summed E-state index contributed by atoms with van der Waals surface area (Å²) in [6, 6.07) is 4.15. The van der Waals surface area contributed by atoms with Gasteiger partial charge in [0.25, 0.3) is 0 Å². The van der Waals surface area contributed by atoms with Crippen LogP contribution in [0.4, 0.5) is 9.52 Å². The molecule has 6 heteroatoms. The maximum absolute atomic E-state index is 12.8. The van der Waals surface area contributed by atoms with E-state index in [1.165, 1.54) is 29.7 Å². The number of halogens is 2. The molecule has 0 radical (unpaired) electrons. The summed E-state index contributed by atoms with van der Waals surface area (Å²) in [5.74, 6) is -0.365. The third kappa shape index (κ3) is 3.25. The number of hydrogen-bond acceptors (Lipinski definition) is 4. The molecule has 0 aliphatic carbocycles. The highest BCUT2D eigenvalue weighted by Gasteiger charge is 1.99. The molecule has 88 valence electrons. The maximum Gasteiger partial charge on any atom is 0.203 e. The minimum Gasteiger partial charge on any atom is -0.253 e. The fourth-order valence-corrected chi connectivity index (χ4v) is 2.02. The number of nitrogens with one attached hydrogen (secondary N) is 1. The molecular weight excluding hydrogens is 261 g/mol. The van der Waals surface area contributed by atoms with Crippen LogP contribution in [0.15, 0.2) is 28.7 Å². The van der Waals surface area contributed by atoms with Gasteiger partial charge in [0.05, 0.1) is 16.9 Å². The summed E-state index contributed by atoms with van der Waals surface area (Å²) in [4.78, 5) is 4.18. The van der Waals surface area contributed by atoms with Gasteiger partial charge in [-0.25, -0.2) is 9.37 Å². The van der Waals surface area contributed by atoms with E-state index in [1.54, 1.807) is 6.07 Å². The van der Waals surface area contributed by atoms with Crippen LogP contribution < -0.4 is 5.43 Å². The van der Waals surface area contributed by atoms with E-state index in [9.17, 15) is 4.39 Å². The summed E-state index contributed by atoms with van der Waals surface area (Å²) < 4.78 is 12.8. The van der Waals surface area contributed by atoms with Crippen molar-refractivity contribution in [3.63, 3.8) is 0 Å². The fraction of sp³-hybridized carbons (Fsp3) is 0.0909. The van der Waals surface area contributed by atoms with E-state index in [4.69, 9.17) is 11.6 Å². The average Bonchev–Trinajstić information content (AvgIpc) is 2.68. The van der Waals surface area contributed by atoms with Crippen LogP contribution in [0.3, 0.4) is 0 Å². The first-order chi connectivity index (χ1) is 8.15. The number of aryl methyl sites for hydroxylation is 1. The van der Waals surface area contributed by atoms with Gasteiger partial charge in [0, 0.05) is 10.9 Å². The Morgan fingerprint density at radius 3 is 3.00 bits per heavy atom. The molecule has 3 nitrogen and oxygen atoms in total. The zero-order valence-corrected chi connectivity index (χ0v) is 10.5. The second-order valence-corrected chi connectivity index (χ2v) is 4.60. The van der Waals surface area contributed by atoms with E-state index in [0.717, 1.165) is 5.69 Å². The molecule has 0 aliphatic rings. The molecule has 0 spiro atoms. The summed E-state index contributed by atoms with van der Waals surface area (Å²) in [5, 5.41) is 6.93. The Bertz CT molecular complexity index is 553. The molecule has 2 rings (SSSR count). The SMILES string of the molecule is Cc1csc(NN=Cc2ccc(F)cc2Cl)n1. The van der Waals surface area contributed by atoms with Gasteiger partial charge >= 0.3 is 0 Å². The molecule has 0 saturated heterocycles. The first-order valence-corrected chi connectivity index (χ1v) is 6.07. The van der Waals surface area contributed by atoms with Crippen molar-refractivity contribution < 1.29 is 4.39 Å². The Hall–Kier alpha value is -1.46. The van der Waals surface area contributed by atoms with Crippen molar-refractivity contribution in [3.8, 4) is 0 Å². The minimum absolute atomic E-state index is 0.325. The second kappa shape index (κ2) is 5.25. The number of anilines is 1. The first kappa shape index (κ1) is 12.0. The molecule has 0 bridgehead atoms. The Morgan fingerprint density at radius 1 is 1.53 bits per heavy atom. The van der Waals surface area contributed by atoms with Crippen molar-refractivity contribution in [2.75, 3.05) is 5.43 Å². The molecule has 1 aromatic heterocycles. The predicted molar refractivity (Wildman–Crippen MR) is 69.5 cm³/mol. The molecule has 0 saturated carbocycles. The minimum atomic E-state index is -0.365. The van der Waals surface area contributed by atoms with Crippen molar-refractivity contribution in [1.29, 1.82) is 0 Å². The largest absolute Gasteiger partial charge is 0.253 e. The van der Waals surface area contributed by atoms with Crippen molar-refractivity contribution in [2.45, 2.75) is 6.92 Å². The van der Waals surface area contributed by atoms with E-state index in [0.29, 0.717) is 15.7 Å². The van der Waals surface area contributed by atoms with Gasteiger partial charge < -0.3 is 0 Å². The Balaban J connectivity index is 2.05. The first-order valence-electron chi connectivity index (χ1n) is 4.81. The molecule has 0 aliphatic heterocycles. The number of hydrogen-bond donors (Lipinski definition) is 1. The van der Waals surface area contributed by atoms with Crippen molar-refractivity contribution in [3.05, 3.63) is 45.7 Å². The molecular formula is C11H9ClFN3S. The number of thiazole rings is 1. The quantitative estimate of drug-likeness (QED) is 0.682. The lowest BCUT2D eigenvalue weighted by atomic mass is 10.2. The number of nitrogens with zero attached hydrogens (tertiary/aromatic N) is 2. The highest BCUT2D eigenvalue weighted by Crippen LogP contribution is 2.16. The van der Waals surface area contributed by atoms with Gasteiger partial charge in [0.15, 0.2) is 0 Å². The second-order valence-electron chi connectivity index (χ2n) is 3.33. The average molecular weight is 270 g/mol. The van der Waals surface area contributed by atoms with Gasteiger partial charge in [-0.1, -0.05) is 11.6 Å². The van der Waals surface area contributed by atoms with Gasteiger partial charge in [0.2, 0.25) is 5.13 Å². The lowest BCUT2D eigenvalue weighted by Gasteiger charge is -1.97. The molecule has 0 atom stereocenters.